The predicted octanol–water partition coefficient (Wildman–Crippen LogP) is 1.68. The number of hydrogen-bond acceptors (Lipinski definition) is 4. The van der Waals surface area contributed by atoms with Gasteiger partial charge in [-0.15, -0.1) is 4.72 Å². The molecule has 0 fully saturated rings. The summed E-state index contributed by atoms with van der Waals surface area (Å²) in [5.41, 5.74) is 6.30. The molecule has 3 N–H and O–H groups in total. The fourth-order valence-corrected chi connectivity index (χ4v) is 2.41. The number of amides is 1. The van der Waals surface area contributed by atoms with E-state index < -0.39 is 17.3 Å². The first kappa shape index (κ1) is 15.9. The number of hydrogen-bond donors (Lipinski definition) is 2. The molecule has 1 amide bonds. The molecule has 19 heavy (non-hydrogen) atoms. The predicted molar refractivity (Wildman–Crippen MR) is 76.8 cm³/mol. The van der Waals surface area contributed by atoms with E-state index in [1.54, 1.807) is 18.3 Å². The largest absolute Gasteiger partial charge is 0.598 e. The first-order chi connectivity index (χ1) is 8.75. The van der Waals surface area contributed by atoms with Gasteiger partial charge in [-0.3, -0.25) is 9.78 Å². The maximum absolute atomic E-state index is 12.1. The topological polar surface area (TPSA) is 91.1 Å². The van der Waals surface area contributed by atoms with Gasteiger partial charge < -0.3 is 10.3 Å². The van der Waals surface area contributed by atoms with E-state index >= 15 is 0 Å². The van der Waals surface area contributed by atoms with E-state index in [0.29, 0.717) is 0 Å². The van der Waals surface area contributed by atoms with Crippen molar-refractivity contribution in [1.82, 2.24) is 9.71 Å². The van der Waals surface area contributed by atoms with Gasteiger partial charge in [-0.2, -0.15) is 0 Å². The Morgan fingerprint density at radius 3 is 2.68 bits per heavy atom. The normalized spacial score (nSPS) is 15.0. The third-order valence-electron chi connectivity index (χ3n) is 2.65. The zero-order valence-corrected chi connectivity index (χ0v) is 12.6. The molecular weight excluding hydrogens is 262 g/mol. The molecule has 0 spiro atoms. The van der Waals surface area contributed by atoms with Gasteiger partial charge in [0.1, 0.15) is 10.4 Å². The maximum Gasteiger partial charge on any atom is 0.267 e. The summed E-state index contributed by atoms with van der Waals surface area (Å²) in [4.78, 5) is 15.0. The van der Waals surface area contributed by atoms with Gasteiger partial charge in [0.05, 0.1) is 6.04 Å². The molecule has 0 aliphatic rings. The lowest BCUT2D eigenvalue weighted by atomic mass is 10.1. The Labute approximate surface area is 117 Å². The van der Waals surface area contributed by atoms with Crippen molar-refractivity contribution < 1.29 is 9.35 Å². The SMILES string of the molecule is CCC(N[S@@+]([O-])C(C)(C)C)c1ccnc(C(N)=O)c1. The Hall–Kier alpha value is -1.11. The van der Waals surface area contributed by atoms with Crippen LogP contribution in [-0.4, -0.2) is 20.2 Å². The molecule has 0 radical (unpaired) electrons. The lowest BCUT2D eigenvalue weighted by Gasteiger charge is -2.27. The minimum atomic E-state index is -1.17. The third kappa shape index (κ3) is 4.49. The molecule has 0 saturated carbocycles. The lowest BCUT2D eigenvalue weighted by molar-refractivity contribution is 0.0995. The van der Waals surface area contributed by atoms with E-state index in [2.05, 4.69) is 9.71 Å². The van der Waals surface area contributed by atoms with E-state index in [-0.39, 0.29) is 16.5 Å². The number of carbonyl (C=O) groups excluding carboxylic acids is 1. The monoisotopic (exact) mass is 283 g/mol. The van der Waals surface area contributed by atoms with Crippen LogP contribution in [0.15, 0.2) is 18.3 Å². The first-order valence-corrected chi connectivity index (χ1v) is 7.34. The van der Waals surface area contributed by atoms with Crippen LogP contribution in [0.5, 0.6) is 0 Å². The van der Waals surface area contributed by atoms with Crippen molar-refractivity contribution in [3.63, 3.8) is 0 Å². The summed E-state index contributed by atoms with van der Waals surface area (Å²) in [6.07, 6.45) is 2.30. The highest BCUT2D eigenvalue weighted by atomic mass is 32.2. The highest BCUT2D eigenvalue weighted by Gasteiger charge is 2.29. The van der Waals surface area contributed by atoms with Crippen LogP contribution in [0.3, 0.4) is 0 Å². The Kier molecular flexibility index (Phi) is 5.34. The molecule has 2 atom stereocenters. The summed E-state index contributed by atoms with van der Waals surface area (Å²) in [6.45, 7) is 7.71. The zero-order valence-electron chi connectivity index (χ0n) is 11.8. The highest BCUT2D eigenvalue weighted by molar-refractivity contribution is 7.90. The van der Waals surface area contributed by atoms with Crippen molar-refractivity contribution in [1.29, 1.82) is 0 Å². The van der Waals surface area contributed by atoms with Crippen LogP contribution in [0, 0.1) is 0 Å². The Morgan fingerprint density at radius 2 is 2.21 bits per heavy atom. The summed E-state index contributed by atoms with van der Waals surface area (Å²) in [7, 11) is 0. The smallest absolute Gasteiger partial charge is 0.267 e. The second-order valence-corrected chi connectivity index (χ2v) is 7.30. The molecular formula is C13H21N3O2S. The average Bonchev–Trinajstić information content (AvgIpc) is 2.34. The second-order valence-electron chi connectivity index (χ2n) is 5.30. The van der Waals surface area contributed by atoms with Crippen LogP contribution in [-0.2, 0) is 11.4 Å². The van der Waals surface area contributed by atoms with Crippen LogP contribution in [0.1, 0.15) is 56.2 Å². The average molecular weight is 283 g/mol. The molecule has 0 aromatic carbocycles. The number of nitrogens with zero attached hydrogens (tertiary/aromatic N) is 1. The molecule has 106 valence electrons. The number of aromatic nitrogens is 1. The van der Waals surface area contributed by atoms with Gasteiger partial charge in [-0.05, 0) is 44.9 Å². The minimum Gasteiger partial charge on any atom is -0.598 e. The molecule has 0 bridgehead atoms. The molecule has 0 saturated heterocycles. The zero-order chi connectivity index (χ0) is 14.6. The molecule has 1 unspecified atom stereocenters. The van der Waals surface area contributed by atoms with Gasteiger partial charge in [-0.1, -0.05) is 6.92 Å². The van der Waals surface area contributed by atoms with E-state index in [1.165, 1.54) is 0 Å². The van der Waals surface area contributed by atoms with Crippen LogP contribution in [0.2, 0.25) is 0 Å². The molecule has 5 nitrogen and oxygen atoms in total. The van der Waals surface area contributed by atoms with Crippen molar-refractivity contribution in [3.05, 3.63) is 29.6 Å². The van der Waals surface area contributed by atoms with Gasteiger partial charge in [0, 0.05) is 17.6 Å². The van der Waals surface area contributed by atoms with E-state index in [9.17, 15) is 9.35 Å². The molecule has 1 rings (SSSR count). The van der Waals surface area contributed by atoms with Crippen molar-refractivity contribution in [2.75, 3.05) is 0 Å². The molecule has 0 aliphatic heterocycles. The standard InChI is InChI=1S/C13H21N3O2S/c1-5-10(16-19(18)13(2,3)4)9-6-7-15-11(8-9)12(14)17/h6-8,10,16H,5H2,1-4H3,(H2,14,17)/t10?,19-/m0/s1. The van der Waals surface area contributed by atoms with Crippen LogP contribution in [0.25, 0.3) is 0 Å². The third-order valence-corrected chi connectivity index (χ3v) is 4.26. The Morgan fingerprint density at radius 1 is 1.58 bits per heavy atom. The van der Waals surface area contributed by atoms with Gasteiger partial charge in [-0.25, -0.2) is 0 Å². The van der Waals surface area contributed by atoms with Gasteiger partial charge in [0.25, 0.3) is 5.91 Å². The molecule has 1 aromatic heterocycles. The molecule has 1 aromatic rings. The van der Waals surface area contributed by atoms with Crippen LogP contribution in [0.4, 0.5) is 0 Å². The fraction of sp³-hybridized carbons (Fsp3) is 0.538. The van der Waals surface area contributed by atoms with Crippen LogP contribution >= 0.6 is 0 Å². The summed E-state index contributed by atoms with van der Waals surface area (Å²) in [6, 6.07) is 3.35. The molecule has 6 heteroatoms. The van der Waals surface area contributed by atoms with E-state index in [1.807, 2.05) is 27.7 Å². The van der Waals surface area contributed by atoms with Gasteiger partial charge in [0.2, 0.25) is 0 Å². The van der Waals surface area contributed by atoms with Crippen molar-refractivity contribution >= 4 is 17.3 Å². The Balaban J connectivity index is 2.91. The minimum absolute atomic E-state index is 0.0961. The maximum atomic E-state index is 12.1. The van der Waals surface area contributed by atoms with E-state index in [0.717, 1.165) is 12.0 Å². The summed E-state index contributed by atoms with van der Waals surface area (Å²) in [5.74, 6) is -0.561. The number of nitrogens with one attached hydrogen (secondary N) is 1. The van der Waals surface area contributed by atoms with Crippen molar-refractivity contribution in [2.24, 2.45) is 5.73 Å². The number of primary amides is 1. The van der Waals surface area contributed by atoms with Gasteiger partial charge in [0.15, 0.2) is 0 Å². The number of carbonyl (C=O) groups is 1. The molecule has 0 aliphatic carbocycles. The second kappa shape index (κ2) is 6.36. The quantitative estimate of drug-likeness (QED) is 0.804. The van der Waals surface area contributed by atoms with Gasteiger partial charge >= 0.3 is 0 Å². The van der Waals surface area contributed by atoms with Crippen molar-refractivity contribution in [3.8, 4) is 0 Å². The fourth-order valence-electron chi connectivity index (χ4n) is 1.49. The summed E-state index contributed by atoms with van der Waals surface area (Å²) >= 11 is -1.17. The summed E-state index contributed by atoms with van der Waals surface area (Å²) in [5, 5.41) is 0. The highest BCUT2D eigenvalue weighted by Crippen LogP contribution is 2.22. The number of rotatable bonds is 5. The number of pyridine rings is 1. The van der Waals surface area contributed by atoms with Crippen LogP contribution < -0.4 is 10.5 Å². The van der Waals surface area contributed by atoms with Crippen molar-refractivity contribution in [2.45, 2.75) is 44.9 Å². The first-order valence-electron chi connectivity index (χ1n) is 6.19. The van der Waals surface area contributed by atoms with E-state index in [4.69, 9.17) is 5.73 Å². The molecule has 1 heterocycles. The summed E-state index contributed by atoms with van der Waals surface area (Å²) < 4.78 is 14.9. The number of nitrogens with two attached hydrogens (primary N) is 1. The Bertz CT molecular complexity index is 446. The lowest BCUT2D eigenvalue weighted by Crippen LogP contribution is -2.41.